The van der Waals surface area contributed by atoms with Crippen molar-refractivity contribution < 1.29 is 14.5 Å². The van der Waals surface area contributed by atoms with Crippen LogP contribution in [0.25, 0.3) is 0 Å². The van der Waals surface area contributed by atoms with E-state index in [1.807, 2.05) is 6.07 Å². The Bertz CT molecular complexity index is 760. The van der Waals surface area contributed by atoms with Crippen molar-refractivity contribution in [2.75, 3.05) is 6.61 Å². The number of carbonyl (C=O) groups is 1. The summed E-state index contributed by atoms with van der Waals surface area (Å²) >= 11 is 4.54. The average Bonchev–Trinajstić information content (AvgIpc) is 2.87. The van der Waals surface area contributed by atoms with Gasteiger partial charge in [-0.15, -0.1) is 11.3 Å². The molecule has 0 unspecified atom stereocenters. The SMILES string of the molecule is Cc1sc(/C=N\NC(=O)COc2ccccc2Br)cc1[N+](=O)[O-]. The molecule has 1 N–H and O–H groups in total. The summed E-state index contributed by atoms with van der Waals surface area (Å²) in [4.78, 5) is 23.1. The van der Waals surface area contributed by atoms with E-state index in [9.17, 15) is 14.9 Å². The van der Waals surface area contributed by atoms with Gasteiger partial charge in [-0.3, -0.25) is 14.9 Å². The zero-order valence-electron chi connectivity index (χ0n) is 12.0. The van der Waals surface area contributed by atoms with E-state index in [1.54, 1.807) is 25.1 Å². The van der Waals surface area contributed by atoms with Crippen molar-refractivity contribution in [1.82, 2.24) is 5.43 Å². The van der Waals surface area contributed by atoms with Crippen LogP contribution in [0.4, 0.5) is 5.69 Å². The molecule has 0 fully saturated rings. The number of nitrogens with zero attached hydrogens (tertiary/aromatic N) is 2. The van der Waals surface area contributed by atoms with Gasteiger partial charge >= 0.3 is 0 Å². The summed E-state index contributed by atoms with van der Waals surface area (Å²) in [5.41, 5.74) is 2.35. The number of hydrazone groups is 1. The molecule has 0 aliphatic rings. The summed E-state index contributed by atoms with van der Waals surface area (Å²) in [6, 6.07) is 8.57. The van der Waals surface area contributed by atoms with Crippen molar-refractivity contribution in [2.24, 2.45) is 5.10 Å². The minimum absolute atomic E-state index is 0.0417. The number of aryl methyl sites for hydroxylation is 1. The number of para-hydroxylation sites is 1. The Kier molecular flexibility index (Phi) is 5.83. The quantitative estimate of drug-likeness (QED) is 0.459. The monoisotopic (exact) mass is 397 g/mol. The Labute approximate surface area is 144 Å². The van der Waals surface area contributed by atoms with Gasteiger partial charge in [-0.25, -0.2) is 5.43 Å². The molecule has 0 spiro atoms. The highest BCUT2D eigenvalue weighted by atomic mass is 79.9. The number of amides is 1. The van der Waals surface area contributed by atoms with E-state index in [2.05, 4.69) is 26.5 Å². The van der Waals surface area contributed by atoms with Gasteiger partial charge < -0.3 is 4.74 Å². The normalized spacial score (nSPS) is 10.7. The van der Waals surface area contributed by atoms with Crippen molar-refractivity contribution in [3.05, 3.63) is 54.7 Å². The second kappa shape index (κ2) is 7.84. The molecule has 1 amide bonds. The number of ether oxygens (including phenoxy) is 1. The number of rotatable bonds is 6. The van der Waals surface area contributed by atoms with Crippen molar-refractivity contribution in [3.8, 4) is 5.75 Å². The predicted octanol–water partition coefficient (Wildman–Crippen LogP) is 3.26. The molecule has 1 aromatic heterocycles. The van der Waals surface area contributed by atoms with Gasteiger partial charge in [0.1, 0.15) is 5.75 Å². The molecule has 1 aromatic carbocycles. The molecule has 0 saturated carbocycles. The summed E-state index contributed by atoms with van der Waals surface area (Å²) in [5.74, 6) is 0.121. The van der Waals surface area contributed by atoms with Crippen LogP contribution in [0, 0.1) is 17.0 Å². The van der Waals surface area contributed by atoms with Gasteiger partial charge in [0, 0.05) is 6.07 Å². The first kappa shape index (κ1) is 17.1. The zero-order chi connectivity index (χ0) is 16.8. The Morgan fingerprint density at radius 1 is 1.52 bits per heavy atom. The molecule has 1 heterocycles. The molecule has 2 rings (SSSR count). The second-order valence-corrected chi connectivity index (χ2v) is 6.50. The molecule has 0 radical (unpaired) electrons. The standard InChI is InChI=1S/C14H12BrN3O4S/c1-9-12(18(20)21)6-10(23-9)7-16-17-14(19)8-22-13-5-3-2-4-11(13)15/h2-7H,8H2,1H3,(H,17,19)/b16-7-. The Morgan fingerprint density at radius 2 is 2.26 bits per heavy atom. The topological polar surface area (TPSA) is 93.8 Å². The van der Waals surface area contributed by atoms with Crippen LogP contribution in [0.3, 0.4) is 0 Å². The second-order valence-electron chi connectivity index (χ2n) is 4.36. The molecule has 9 heteroatoms. The maximum Gasteiger partial charge on any atom is 0.283 e. The Morgan fingerprint density at radius 3 is 2.91 bits per heavy atom. The summed E-state index contributed by atoms with van der Waals surface area (Å²) in [5, 5.41) is 14.5. The molecule has 7 nitrogen and oxygen atoms in total. The van der Waals surface area contributed by atoms with Crippen molar-refractivity contribution in [1.29, 1.82) is 0 Å². The number of nitro groups is 1. The summed E-state index contributed by atoms with van der Waals surface area (Å²) in [7, 11) is 0. The molecule has 0 aliphatic carbocycles. The predicted molar refractivity (Wildman–Crippen MR) is 91.1 cm³/mol. The van der Waals surface area contributed by atoms with Crippen LogP contribution in [0.5, 0.6) is 5.75 Å². The van der Waals surface area contributed by atoms with Crippen LogP contribution in [-0.2, 0) is 4.79 Å². The lowest BCUT2D eigenvalue weighted by Gasteiger charge is -2.06. The van der Waals surface area contributed by atoms with Crippen LogP contribution in [0.2, 0.25) is 0 Å². The van der Waals surface area contributed by atoms with Gasteiger partial charge in [0.2, 0.25) is 0 Å². The van der Waals surface area contributed by atoms with Crippen LogP contribution >= 0.6 is 27.3 Å². The van der Waals surface area contributed by atoms with Crippen molar-refractivity contribution >= 4 is 45.1 Å². The summed E-state index contributed by atoms with van der Waals surface area (Å²) in [6.45, 7) is 1.47. The largest absolute Gasteiger partial charge is 0.483 e. The van der Waals surface area contributed by atoms with Gasteiger partial charge in [0.15, 0.2) is 6.61 Å². The third-order valence-corrected chi connectivity index (χ3v) is 4.31. The first-order chi connectivity index (χ1) is 11.0. The Hall–Kier alpha value is -2.26. The summed E-state index contributed by atoms with van der Waals surface area (Å²) in [6.07, 6.45) is 1.36. The minimum atomic E-state index is -0.451. The van der Waals surface area contributed by atoms with Crippen LogP contribution in [-0.4, -0.2) is 23.7 Å². The highest BCUT2D eigenvalue weighted by molar-refractivity contribution is 9.10. The minimum Gasteiger partial charge on any atom is -0.483 e. The van der Waals surface area contributed by atoms with E-state index < -0.39 is 10.8 Å². The van der Waals surface area contributed by atoms with Crippen LogP contribution in [0.15, 0.2) is 39.9 Å². The van der Waals surface area contributed by atoms with Crippen molar-refractivity contribution in [2.45, 2.75) is 6.92 Å². The zero-order valence-corrected chi connectivity index (χ0v) is 14.4. The smallest absolute Gasteiger partial charge is 0.283 e. The fourth-order valence-corrected chi connectivity index (χ4v) is 2.91. The first-order valence-corrected chi connectivity index (χ1v) is 8.02. The van der Waals surface area contributed by atoms with Crippen LogP contribution < -0.4 is 10.2 Å². The number of thiophene rings is 1. The molecule has 0 aliphatic heterocycles. The highest BCUT2D eigenvalue weighted by Gasteiger charge is 2.14. The van der Waals surface area contributed by atoms with E-state index in [0.29, 0.717) is 15.5 Å². The van der Waals surface area contributed by atoms with Gasteiger partial charge in [-0.2, -0.15) is 5.10 Å². The summed E-state index contributed by atoms with van der Waals surface area (Å²) < 4.78 is 6.08. The number of carbonyl (C=O) groups excluding carboxylic acids is 1. The average molecular weight is 398 g/mol. The molecule has 120 valence electrons. The van der Waals surface area contributed by atoms with Gasteiger partial charge in [-0.05, 0) is 35.0 Å². The van der Waals surface area contributed by atoms with Crippen molar-refractivity contribution in [3.63, 3.8) is 0 Å². The maximum atomic E-state index is 11.6. The van der Waals surface area contributed by atoms with Crippen LogP contribution in [0.1, 0.15) is 9.75 Å². The molecular formula is C14H12BrN3O4S. The van der Waals surface area contributed by atoms with E-state index in [-0.39, 0.29) is 12.3 Å². The molecule has 0 saturated heterocycles. The third kappa shape index (κ3) is 4.86. The van der Waals surface area contributed by atoms with E-state index in [4.69, 9.17) is 4.74 Å². The van der Waals surface area contributed by atoms with E-state index >= 15 is 0 Å². The maximum absolute atomic E-state index is 11.6. The van der Waals surface area contributed by atoms with Gasteiger partial charge in [-0.1, -0.05) is 12.1 Å². The lowest BCUT2D eigenvalue weighted by molar-refractivity contribution is -0.385. The molecular weight excluding hydrogens is 386 g/mol. The fraction of sp³-hybridized carbons (Fsp3) is 0.143. The molecule has 2 aromatic rings. The molecule has 0 bridgehead atoms. The third-order valence-electron chi connectivity index (χ3n) is 2.68. The first-order valence-electron chi connectivity index (χ1n) is 6.41. The van der Waals surface area contributed by atoms with E-state index in [1.165, 1.54) is 23.6 Å². The van der Waals surface area contributed by atoms with Gasteiger partial charge in [0.05, 0.1) is 25.4 Å². The van der Waals surface area contributed by atoms with E-state index in [0.717, 1.165) is 4.47 Å². The number of halogens is 1. The molecule has 0 atom stereocenters. The highest BCUT2D eigenvalue weighted by Crippen LogP contribution is 2.26. The molecule has 23 heavy (non-hydrogen) atoms. The lowest BCUT2D eigenvalue weighted by Crippen LogP contribution is -2.24. The number of hydrogen-bond donors (Lipinski definition) is 1. The lowest BCUT2D eigenvalue weighted by atomic mass is 10.3. The number of benzene rings is 1. The Balaban J connectivity index is 1.85. The van der Waals surface area contributed by atoms with Gasteiger partial charge in [0.25, 0.3) is 11.6 Å². The fourth-order valence-electron chi connectivity index (χ4n) is 1.65. The number of hydrogen-bond acceptors (Lipinski definition) is 6. The number of nitrogens with one attached hydrogen (secondary N) is 1.